The topological polar surface area (TPSA) is 66.0 Å². The molecule has 0 aliphatic rings. The standard InChI is InChI=1S/C12H17BrN4O2/c1-8(2)7-18-9(3)12-15-11(19-16-12)6-17-5-10(13)4-14-17/h4-5,8-9H,6-7H2,1-3H3/t9-/m0/s1. The van der Waals surface area contributed by atoms with E-state index < -0.39 is 0 Å². The largest absolute Gasteiger partial charge is 0.370 e. The number of hydrogen-bond acceptors (Lipinski definition) is 5. The lowest BCUT2D eigenvalue weighted by Crippen LogP contribution is -2.08. The fraction of sp³-hybridized carbons (Fsp3) is 0.583. The van der Waals surface area contributed by atoms with Gasteiger partial charge in [0.25, 0.3) is 0 Å². The maximum Gasteiger partial charge on any atom is 0.248 e. The Morgan fingerprint density at radius 3 is 2.84 bits per heavy atom. The van der Waals surface area contributed by atoms with Crippen molar-refractivity contribution < 1.29 is 9.26 Å². The highest BCUT2D eigenvalue weighted by atomic mass is 79.9. The minimum absolute atomic E-state index is 0.163. The summed E-state index contributed by atoms with van der Waals surface area (Å²) in [6.45, 7) is 7.25. The van der Waals surface area contributed by atoms with Crippen LogP contribution in [-0.4, -0.2) is 26.5 Å². The third kappa shape index (κ3) is 4.14. The molecule has 0 amide bonds. The molecule has 0 spiro atoms. The van der Waals surface area contributed by atoms with Gasteiger partial charge in [-0.05, 0) is 28.8 Å². The van der Waals surface area contributed by atoms with Crippen LogP contribution in [-0.2, 0) is 11.3 Å². The molecule has 0 aromatic carbocycles. The summed E-state index contributed by atoms with van der Waals surface area (Å²) in [5, 5.41) is 8.07. The van der Waals surface area contributed by atoms with E-state index in [1.165, 1.54) is 0 Å². The lowest BCUT2D eigenvalue weighted by atomic mass is 10.2. The minimum atomic E-state index is -0.163. The molecule has 2 rings (SSSR count). The number of ether oxygens (including phenoxy) is 1. The van der Waals surface area contributed by atoms with Crippen LogP contribution in [0.1, 0.15) is 38.6 Å². The molecule has 2 heterocycles. The number of rotatable bonds is 6. The van der Waals surface area contributed by atoms with Crippen LogP contribution >= 0.6 is 15.9 Å². The molecular formula is C12H17BrN4O2. The molecule has 2 aromatic heterocycles. The van der Waals surface area contributed by atoms with Gasteiger partial charge in [-0.2, -0.15) is 10.1 Å². The van der Waals surface area contributed by atoms with Gasteiger partial charge < -0.3 is 9.26 Å². The van der Waals surface area contributed by atoms with Gasteiger partial charge in [0.15, 0.2) is 5.82 Å². The molecule has 0 saturated heterocycles. The summed E-state index contributed by atoms with van der Waals surface area (Å²) in [7, 11) is 0. The smallest absolute Gasteiger partial charge is 0.248 e. The molecule has 0 aliphatic heterocycles. The zero-order chi connectivity index (χ0) is 13.8. The van der Waals surface area contributed by atoms with E-state index in [0.29, 0.717) is 30.8 Å². The average Bonchev–Trinajstić information content (AvgIpc) is 2.96. The van der Waals surface area contributed by atoms with Crippen LogP contribution in [0.2, 0.25) is 0 Å². The average molecular weight is 329 g/mol. The van der Waals surface area contributed by atoms with Crippen molar-refractivity contribution in [3.63, 3.8) is 0 Å². The molecule has 2 aromatic rings. The van der Waals surface area contributed by atoms with E-state index in [1.54, 1.807) is 10.9 Å². The van der Waals surface area contributed by atoms with Crippen molar-refractivity contribution in [1.29, 1.82) is 0 Å². The molecule has 0 radical (unpaired) electrons. The quantitative estimate of drug-likeness (QED) is 0.815. The van der Waals surface area contributed by atoms with E-state index in [2.05, 4.69) is 45.0 Å². The van der Waals surface area contributed by atoms with Gasteiger partial charge in [-0.25, -0.2) is 0 Å². The third-order valence-electron chi connectivity index (χ3n) is 2.43. The highest BCUT2D eigenvalue weighted by Gasteiger charge is 2.15. The summed E-state index contributed by atoms with van der Waals surface area (Å²) in [5.74, 6) is 1.57. The summed E-state index contributed by atoms with van der Waals surface area (Å²) in [5.41, 5.74) is 0. The molecule has 19 heavy (non-hydrogen) atoms. The van der Waals surface area contributed by atoms with E-state index in [-0.39, 0.29) is 6.10 Å². The zero-order valence-corrected chi connectivity index (χ0v) is 12.8. The molecular weight excluding hydrogens is 312 g/mol. The maximum absolute atomic E-state index is 5.64. The lowest BCUT2D eigenvalue weighted by molar-refractivity contribution is 0.0402. The van der Waals surface area contributed by atoms with Crippen molar-refractivity contribution in [3.8, 4) is 0 Å². The van der Waals surface area contributed by atoms with E-state index in [1.807, 2.05) is 13.1 Å². The molecule has 104 valence electrons. The van der Waals surface area contributed by atoms with Gasteiger partial charge in [0.1, 0.15) is 12.6 Å². The van der Waals surface area contributed by atoms with Crippen LogP contribution in [0.15, 0.2) is 21.4 Å². The van der Waals surface area contributed by atoms with E-state index in [4.69, 9.17) is 9.26 Å². The number of hydrogen-bond donors (Lipinski definition) is 0. The molecule has 0 bridgehead atoms. The van der Waals surface area contributed by atoms with Crippen LogP contribution < -0.4 is 0 Å². The second-order valence-corrected chi connectivity index (χ2v) is 5.69. The first kappa shape index (κ1) is 14.2. The van der Waals surface area contributed by atoms with Crippen LogP contribution in [0.5, 0.6) is 0 Å². The van der Waals surface area contributed by atoms with E-state index in [0.717, 1.165) is 4.47 Å². The second kappa shape index (κ2) is 6.29. The summed E-state index contributed by atoms with van der Waals surface area (Å²) in [6, 6.07) is 0. The van der Waals surface area contributed by atoms with Gasteiger partial charge in [0, 0.05) is 12.8 Å². The van der Waals surface area contributed by atoms with E-state index >= 15 is 0 Å². The number of aromatic nitrogens is 4. The molecule has 0 N–H and O–H groups in total. The van der Waals surface area contributed by atoms with Crippen molar-refractivity contribution in [2.24, 2.45) is 5.92 Å². The van der Waals surface area contributed by atoms with Crippen LogP contribution in [0.25, 0.3) is 0 Å². The van der Waals surface area contributed by atoms with Crippen LogP contribution in [0, 0.1) is 5.92 Å². The monoisotopic (exact) mass is 328 g/mol. The molecule has 0 fully saturated rings. The van der Waals surface area contributed by atoms with Gasteiger partial charge in [0.2, 0.25) is 5.89 Å². The Labute approximate surface area is 120 Å². The predicted molar refractivity (Wildman–Crippen MR) is 72.5 cm³/mol. The van der Waals surface area contributed by atoms with Crippen LogP contribution in [0.3, 0.4) is 0 Å². The Bertz CT molecular complexity index is 523. The highest BCUT2D eigenvalue weighted by Crippen LogP contribution is 2.15. The normalized spacial score (nSPS) is 13.1. The first-order valence-corrected chi connectivity index (χ1v) is 6.96. The van der Waals surface area contributed by atoms with Gasteiger partial charge in [-0.15, -0.1) is 0 Å². The fourth-order valence-corrected chi connectivity index (χ4v) is 1.80. The Balaban J connectivity index is 1.94. The summed E-state index contributed by atoms with van der Waals surface area (Å²) in [6.07, 6.45) is 3.40. The summed E-state index contributed by atoms with van der Waals surface area (Å²) in [4.78, 5) is 4.31. The van der Waals surface area contributed by atoms with Gasteiger partial charge in [-0.1, -0.05) is 19.0 Å². The summed E-state index contributed by atoms with van der Waals surface area (Å²) >= 11 is 3.34. The van der Waals surface area contributed by atoms with Crippen molar-refractivity contribution in [2.75, 3.05) is 6.61 Å². The van der Waals surface area contributed by atoms with Crippen molar-refractivity contribution in [2.45, 2.75) is 33.4 Å². The Morgan fingerprint density at radius 2 is 2.21 bits per heavy atom. The van der Waals surface area contributed by atoms with Gasteiger partial charge in [0.05, 0.1) is 10.7 Å². The first-order valence-electron chi connectivity index (χ1n) is 6.16. The molecule has 1 atom stereocenters. The molecule has 0 unspecified atom stereocenters. The van der Waals surface area contributed by atoms with Crippen LogP contribution in [0.4, 0.5) is 0 Å². The molecule has 7 heteroatoms. The maximum atomic E-state index is 5.64. The highest BCUT2D eigenvalue weighted by molar-refractivity contribution is 9.10. The predicted octanol–water partition coefficient (Wildman–Crippen LogP) is 2.81. The Kier molecular flexibility index (Phi) is 4.71. The Morgan fingerprint density at radius 1 is 1.42 bits per heavy atom. The van der Waals surface area contributed by atoms with Gasteiger partial charge in [-0.3, -0.25) is 4.68 Å². The Hall–Kier alpha value is -1.21. The van der Waals surface area contributed by atoms with E-state index in [9.17, 15) is 0 Å². The number of halogens is 1. The van der Waals surface area contributed by atoms with Crippen molar-refractivity contribution >= 4 is 15.9 Å². The van der Waals surface area contributed by atoms with Gasteiger partial charge >= 0.3 is 0 Å². The molecule has 6 nitrogen and oxygen atoms in total. The first-order chi connectivity index (χ1) is 9.04. The number of nitrogens with zero attached hydrogens (tertiary/aromatic N) is 4. The minimum Gasteiger partial charge on any atom is -0.370 e. The van der Waals surface area contributed by atoms with Crippen molar-refractivity contribution in [3.05, 3.63) is 28.6 Å². The second-order valence-electron chi connectivity index (χ2n) is 4.77. The lowest BCUT2D eigenvalue weighted by Gasteiger charge is -2.10. The van der Waals surface area contributed by atoms with Crippen molar-refractivity contribution in [1.82, 2.24) is 19.9 Å². The SMILES string of the molecule is CC(C)CO[C@@H](C)c1noc(Cn2cc(Br)cn2)n1. The zero-order valence-electron chi connectivity index (χ0n) is 11.2. The molecule has 0 saturated carbocycles. The summed E-state index contributed by atoms with van der Waals surface area (Å²) < 4.78 is 13.5. The fourth-order valence-electron chi connectivity index (χ4n) is 1.47. The third-order valence-corrected chi connectivity index (χ3v) is 2.84. The molecule has 0 aliphatic carbocycles.